The standard InChI is InChI=1S/C12H21N3O/c1-10-12(15-16-14-10)9-13-8-4-7-11-5-2-3-6-11/h11,13H,2-9H2,1H3. The molecule has 0 aromatic carbocycles. The van der Waals surface area contributed by atoms with E-state index in [0.29, 0.717) is 0 Å². The van der Waals surface area contributed by atoms with Crippen molar-refractivity contribution >= 4 is 0 Å². The average Bonchev–Trinajstić information content (AvgIpc) is 2.90. The van der Waals surface area contributed by atoms with Crippen LogP contribution in [-0.4, -0.2) is 16.9 Å². The Balaban J connectivity index is 1.53. The SMILES string of the molecule is Cc1nonc1CNCCCC1CCCC1. The Morgan fingerprint density at radius 3 is 2.81 bits per heavy atom. The zero-order chi connectivity index (χ0) is 11.2. The quantitative estimate of drug-likeness (QED) is 0.753. The minimum atomic E-state index is 0.778. The molecule has 0 atom stereocenters. The largest absolute Gasteiger partial charge is 0.311 e. The Morgan fingerprint density at radius 2 is 2.12 bits per heavy atom. The van der Waals surface area contributed by atoms with E-state index >= 15 is 0 Å². The van der Waals surface area contributed by atoms with Crippen molar-refractivity contribution < 1.29 is 4.63 Å². The van der Waals surface area contributed by atoms with Crippen LogP contribution < -0.4 is 5.32 Å². The van der Waals surface area contributed by atoms with Gasteiger partial charge in [0.25, 0.3) is 0 Å². The predicted octanol–water partition coefficient (Wildman–Crippen LogP) is 2.44. The van der Waals surface area contributed by atoms with Crippen molar-refractivity contribution in [3.05, 3.63) is 11.4 Å². The average molecular weight is 223 g/mol. The molecule has 2 rings (SSSR count). The lowest BCUT2D eigenvalue weighted by atomic mass is 10.0. The molecule has 16 heavy (non-hydrogen) atoms. The van der Waals surface area contributed by atoms with Gasteiger partial charge in [0.1, 0.15) is 11.4 Å². The normalized spacial score (nSPS) is 17.1. The summed E-state index contributed by atoms with van der Waals surface area (Å²) >= 11 is 0. The van der Waals surface area contributed by atoms with Crippen molar-refractivity contribution in [3.8, 4) is 0 Å². The van der Waals surface area contributed by atoms with E-state index in [4.69, 9.17) is 0 Å². The fourth-order valence-electron chi connectivity index (χ4n) is 2.43. The summed E-state index contributed by atoms with van der Waals surface area (Å²) < 4.78 is 4.64. The second kappa shape index (κ2) is 5.99. The predicted molar refractivity (Wildman–Crippen MR) is 61.9 cm³/mol. The molecule has 0 spiro atoms. The summed E-state index contributed by atoms with van der Waals surface area (Å²) in [5.41, 5.74) is 1.82. The van der Waals surface area contributed by atoms with Gasteiger partial charge < -0.3 is 5.32 Å². The highest BCUT2D eigenvalue weighted by molar-refractivity contribution is 5.03. The second-order valence-electron chi connectivity index (χ2n) is 4.77. The highest BCUT2D eigenvalue weighted by atomic mass is 16.6. The number of aromatic nitrogens is 2. The van der Waals surface area contributed by atoms with Crippen LogP contribution in [0.2, 0.25) is 0 Å². The molecule has 0 radical (unpaired) electrons. The van der Waals surface area contributed by atoms with Crippen LogP contribution in [0, 0.1) is 12.8 Å². The van der Waals surface area contributed by atoms with Gasteiger partial charge in [-0.05, 0) is 32.2 Å². The minimum absolute atomic E-state index is 0.778. The van der Waals surface area contributed by atoms with Gasteiger partial charge >= 0.3 is 0 Å². The molecule has 1 aromatic rings. The Kier molecular flexibility index (Phi) is 4.34. The van der Waals surface area contributed by atoms with Gasteiger partial charge in [0.15, 0.2) is 0 Å². The smallest absolute Gasteiger partial charge is 0.121 e. The van der Waals surface area contributed by atoms with E-state index in [2.05, 4.69) is 20.3 Å². The Hall–Kier alpha value is -0.900. The first-order valence-corrected chi connectivity index (χ1v) is 6.35. The van der Waals surface area contributed by atoms with Gasteiger partial charge in [0.05, 0.1) is 0 Å². The second-order valence-corrected chi connectivity index (χ2v) is 4.77. The number of hydrogen-bond donors (Lipinski definition) is 1. The molecule has 0 saturated heterocycles. The first-order chi connectivity index (χ1) is 7.86. The molecule has 90 valence electrons. The Labute approximate surface area is 96.8 Å². The highest BCUT2D eigenvalue weighted by Gasteiger charge is 2.13. The fraction of sp³-hybridized carbons (Fsp3) is 0.833. The molecule has 4 nitrogen and oxygen atoms in total. The number of rotatable bonds is 6. The van der Waals surface area contributed by atoms with Gasteiger partial charge in [-0.2, -0.15) is 0 Å². The van der Waals surface area contributed by atoms with Crippen LogP contribution in [0.3, 0.4) is 0 Å². The van der Waals surface area contributed by atoms with E-state index < -0.39 is 0 Å². The maximum atomic E-state index is 4.64. The summed E-state index contributed by atoms with van der Waals surface area (Å²) in [5, 5.41) is 11.0. The summed E-state index contributed by atoms with van der Waals surface area (Å²) in [6, 6.07) is 0. The Morgan fingerprint density at radius 1 is 1.31 bits per heavy atom. The van der Waals surface area contributed by atoms with Crippen LogP contribution >= 0.6 is 0 Å². The Bertz CT molecular complexity index is 305. The van der Waals surface area contributed by atoms with Crippen LogP contribution in [0.5, 0.6) is 0 Å². The molecule has 1 aliphatic carbocycles. The summed E-state index contributed by atoms with van der Waals surface area (Å²) in [6.07, 6.45) is 8.44. The van der Waals surface area contributed by atoms with E-state index in [1.807, 2.05) is 6.92 Å². The maximum absolute atomic E-state index is 4.64. The van der Waals surface area contributed by atoms with Gasteiger partial charge in [0.2, 0.25) is 0 Å². The molecule has 0 unspecified atom stereocenters. The molecule has 1 N–H and O–H groups in total. The van der Waals surface area contributed by atoms with E-state index in [1.54, 1.807) is 0 Å². The zero-order valence-electron chi connectivity index (χ0n) is 10.0. The van der Waals surface area contributed by atoms with E-state index in [-0.39, 0.29) is 0 Å². The molecule has 1 heterocycles. The maximum Gasteiger partial charge on any atom is 0.121 e. The monoisotopic (exact) mass is 223 g/mol. The first-order valence-electron chi connectivity index (χ1n) is 6.35. The fourth-order valence-corrected chi connectivity index (χ4v) is 2.43. The van der Waals surface area contributed by atoms with Gasteiger partial charge in [-0.25, -0.2) is 4.63 Å². The van der Waals surface area contributed by atoms with Crippen LogP contribution in [0.15, 0.2) is 4.63 Å². The third kappa shape index (κ3) is 3.30. The van der Waals surface area contributed by atoms with E-state index in [9.17, 15) is 0 Å². The number of aryl methyl sites for hydroxylation is 1. The highest BCUT2D eigenvalue weighted by Crippen LogP contribution is 2.28. The van der Waals surface area contributed by atoms with Crippen molar-refractivity contribution in [2.75, 3.05) is 6.54 Å². The third-order valence-electron chi connectivity index (χ3n) is 3.48. The van der Waals surface area contributed by atoms with Crippen molar-refractivity contribution in [2.45, 2.75) is 52.0 Å². The first kappa shape index (κ1) is 11.6. The molecule has 4 heteroatoms. The lowest BCUT2D eigenvalue weighted by Crippen LogP contribution is -2.16. The molecule has 1 saturated carbocycles. The number of hydrogen-bond acceptors (Lipinski definition) is 4. The van der Waals surface area contributed by atoms with Crippen LogP contribution in [0.1, 0.15) is 49.9 Å². The van der Waals surface area contributed by atoms with Gasteiger partial charge in [-0.15, -0.1) is 0 Å². The molecule has 0 aliphatic heterocycles. The summed E-state index contributed by atoms with van der Waals surface area (Å²) in [7, 11) is 0. The van der Waals surface area contributed by atoms with E-state index in [1.165, 1.54) is 38.5 Å². The molecule has 0 bridgehead atoms. The van der Waals surface area contributed by atoms with Gasteiger partial charge in [-0.3, -0.25) is 0 Å². The summed E-state index contributed by atoms with van der Waals surface area (Å²) in [5.74, 6) is 0.997. The van der Waals surface area contributed by atoms with E-state index in [0.717, 1.165) is 30.4 Å². The van der Waals surface area contributed by atoms with Gasteiger partial charge in [0, 0.05) is 6.54 Å². The van der Waals surface area contributed by atoms with Crippen LogP contribution in [0.25, 0.3) is 0 Å². The molecule has 1 aliphatic rings. The lowest BCUT2D eigenvalue weighted by Gasteiger charge is -2.08. The summed E-state index contributed by atoms with van der Waals surface area (Å²) in [4.78, 5) is 0. The molecular formula is C12H21N3O. The zero-order valence-corrected chi connectivity index (χ0v) is 10.0. The summed E-state index contributed by atoms with van der Waals surface area (Å²) in [6.45, 7) is 3.77. The molecule has 1 fully saturated rings. The lowest BCUT2D eigenvalue weighted by molar-refractivity contribution is 0.300. The molecular weight excluding hydrogens is 202 g/mol. The van der Waals surface area contributed by atoms with Crippen LogP contribution in [0.4, 0.5) is 0 Å². The third-order valence-corrected chi connectivity index (χ3v) is 3.48. The van der Waals surface area contributed by atoms with Crippen molar-refractivity contribution in [3.63, 3.8) is 0 Å². The molecule has 0 amide bonds. The van der Waals surface area contributed by atoms with Crippen molar-refractivity contribution in [1.29, 1.82) is 0 Å². The molecule has 1 aromatic heterocycles. The van der Waals surface area contributed by atoms with Crippen molar-refractivity contribution in [2.24, 2.45) is 5.92 Å². The topological polar surface area (TPSA) is 51.0 Å². The number of nitrogens with one attached hydrogen (secondary N) is 1. The number of nitrogens with zero attached hydrogens (tertiary/aromatic N) is 2. The van der Waals surface area contributed by atoms with Crippen LogP contribution in [-0.2, 0) is 6.54 Å². The minimum Gasteiger partial charge on any atom is -0.311 e. The van der Waals surface area contributed by atoms with Crippen molar-refractivity contribution in [1.82, 2.24) is 15.6 Å². The van der Waals surface area contributed by atoms with Gasteiger partial charge in [-0.1, -0.05) is 36.0 Å².